The van der Waals surface area contributed by atoms with Crippen molar-refractivity contribution in [3.8, 4) is 5.75 Å². The average molecular weight is 304 g/mol. The van der Waals surface area contributed by atoms with E-state index in [-0.39, 0.29) is 16.7 Å². The van der Waals surface area contributed by atoms with Crippen LogP contribution in [-0.2, 0) is 11.2 Å². The minimum absolute atomic E-state index is 0.0170. The highest BCUT2D eigenvalue weighted by Gasteiger charge is 2.32. The van der Waals surface area contributed by atoms with Crippen LogP contribution in [0, 0.1) is 30.6 Å². The third-order valence-electron chi connectivity index (χ3n) is 4.00. The number of hydrogen-bond donors (Lipinski definition) is 1. The van der Waals surface area contributed by atoms with Crippen LogP contribution in [0.2, 0.25) is 0 Å². The van der Waals surface area contributed by atoms with Crippen LogP contribution in [0.5, 0.6) is 5.75 Å². The Labute approximate surface area is 135 Å². The lowest BCUT2D eigenvalue weighted by Gasteiger charge is -2.30. The van der Waals surface area contributed by atoms with Gasteiger partial charge in [-0.3, -0.25) is 4.79 Å². The predicted molar refractivity (Wildman–Crippen MR) is 93.3 cm³/mol. The van der Waals surface area contributed by atoms with Gasteiger partial charge in [0.15, 0.2) is 0 Å². The van der Waals surface area contributed by atoms with Crippen molar-refractivity contribution in [3.63, 3.8) is 0 Å². The average Bonchev–Trinajstić information content (AvgIpc) is 2.31. The van der Waals surface area contributed by atoms with Crippen LogP contribution < -0.4 is 0 Å². The zero-order chi connectivity index (χ0) is 17.3. The lowest BCUT2D eigenvalue weighted by molar-refractivity contribution is -0.131. The molecule has 0 aromatic heterocycles. The van der Waals surface area contributed by atoms with Crippen LogP contribution >= 0.6 is 0 Å². The summed E-state index contributed by atoms with van der Waals surface area (Å²) in [6.45, 7) is 16.4. The first kappa shape index (κ1) is 18.7. The van der Waals surface area contributed by atoms with E-state index in [9.17, 15) is 9.90 Å². The molecule has 0 aliphatic rings. The number of hydrogen-bond acceptors (Lipinski definition) is 2. The molecule has 0 bridgehead atoms. The molecule has 22 heavy (non-hydrogen) atoms. The van der Waals surface area contributed by atoms with Crippen molar-refractivity contribution in [1.29, 1.82) is 0 Å². The summed E-state index contributed by atoms with van der Waals surface area (Å²) >= 11 is 0. The molecule has 1 aromatic rings. The maximum Gasteiger partial charge on any atom is 0.141 e. The van der Waals surface area contributed by atoms with Crippen molar-refractivity contribution in [2.24, 2.45) is 16.7 Å². The van der Waals surface area contributed by atoms with E-state index in [1.165, 1.54) is 0 Å². The van der Waals surface area contributed by atoms with Crippen molar-refractivity contribution < 1.29 is 9.90 Å². The lowest BCUT2D eigenvalue weighted by atomic mass is 9.73. The molecule has 1 atom stereocenters. The molecule has 0 saturated heterocycles. The summed E-state index contributed by atoms with van der Waals surface area (Å²) in [4.78, 5) is 12.8. The first-order valence-corrected chi connectivity index (χ1v) is 8.14. The van der Waals surface area contributed by atoms with Gasteiger partial charge in [-0.15, -0.1) is 0 Å². The molecule has 0 spiro atoms. The van der Waals surface area contributed by atoms with Gasteiger partial charge in [0.1, 0.15) is 11.5 Å². The van der Waals surface area contributed by atoms with E-state index in [0.29, 0.717) is 11.5 Å². The Kier molecular flexibility index (Phi) is 5.48. The number of carbonyl (C=O) groups excluding carboxylic acids is 1. The van der Waals surface area contributed by atoms with Crippen LogP contribution in [0.4, 0.5) is 0 Å². The standard InChI is InChI=1S/C20H32O2/c1-13-9-15(10-14(2)17(13)21)11-16(12-19(3,4)5)18(22)20(6,7)8/h9-10,16,21H,11-12H2,1-8H3. The number of ketones is 1. The highest BCUT2D eigenvalue weighted by atomic mass is 16.3. The summed E-state index contributed by atoms with van der Waals surface area (Å²) in [7, 11) is 0. The summed E-state index contributed by atoms with van der Waals surface area (Å²) in [5.74, 6) is 0.701. The molecular weight excluding hydrogens is 272 g/mol. The minimum atomic E-state index is -0.322. The fraction of sp³-hybridized carbons (Fsp3) is 0.650. The van der Waals surface area contributed by atoms with E-state index in [1.807, 2.05) is 46.8 Å². The summed E-state index contributed by atoms with van der Waals surface area (Å²) in [5, 5.41) is 9.92. The van der Waals surface area contributed by atoms with Crippen LogP contribution in [0.3, 0.4) is 0 Å². The molecule has 1 unspecified atom stereocenters. The zero-order valence-corrected chi connectivity index (χ0v) is 15.5. The number of phenolic OH excluding ortho intramolecular Hbond substituents is 1. The second kappa shape index (κ2) is 6.44. The van der Waals surface area contributed by atoms with Gasteiger partial charge >= 0.3 is 0 Å². The Bertz CT molecular complexity index is 519. The van der Waals surface area contributed by atoms with Crippen LogP contribution in [0.15, 0.2) is 12.1 Å². The molecule has 2 heteroatoms. The summed E-state index contributed by atoms with van der Waals surface area (Å²) in [6, 6.07) is 4.02. The number of aromatic hydroxyl groups is 1. The van der Waals surface area contributed by atoms with Gasteiger partial charge in [0, 0.05) is 11.3 Å². The second-order valence-electron chi connectivity index (χ2n) is 8.86. The SMILES string of the molecule is Cc1cc(CC(CC(C)(C)C)C(=O)C(C)(C)C)cc(C)c1O. The molecule has 2 nitrogen and oxygen atoms in total. The van der Waals surface area contributed by atoms with E-state index in [4.69, 9.17) is 0 Å². The summed E-state index contributed by atoms with van der Waals surface area (Å²) in [5.41, 5.74) is 2.70. The number of rotatable bonds is 4. The number of benzene rings is 1. The van der Waals surface area contributed by atoms with Gasteiger partial charge in [-0.25, -0.2) is 0 Å². The van der Waals surface area contributed by atoms with E-state index in [2.05, 4.69) is 20.8 Å². The fourth-order valence-electron chi connectivity index (χ4n) is 3.06. The molecule has 0 amide bonds. The Hall–Kier alpha value is -1.31. The number of phenols is 1. The molecule has 0 aliphatic heterocycles. The highest BCUT2D eigenvalue weighted by Crippen LogP contribution is 2.33. The van der Waals surface area contributed by atoms with Crippen LogP contribution in [0.25, 0.3) is 0 Å². The topological polar surface area (TPSA) is 37.3 Å². The van der Waals surface area contributed by atoms with Crippen molar-refractivity contribution in [2.75, 3.05) is 0 Å². The Balaban J connectivity index is 3.11. The number of aryl methyl sites for hydroxylation is 2. The van der Waals surface area contributed by atoms with Gasteiger partial charge < -0.3 is 5.11 Å². The molecule has 1 N–H and O–H groups in total. The minimum Gasteiger partial charge on any atom is -0.507 e. The molecule has 0 heterocycles. The highest BCUT2D eigenvalue weighted by molar-refractivity contribution is 5.86. The summed E-state index contributed by atoms with van der Waals surface area (Å²) < 4.78 is 0. The van der Waals surface area contributed by atoms with Crippen molar-refractivity contribution in [1.82, 2.24) is 0 Å². The first-order chi connectivity index (χ1) is 9.81. The second-order valence-corrected chi connectivity index (χ2v) is 8.86. The van der Waals surface area contributed by atoms with Gasteiger partial charge in [-0.05, 0) is 48.8 Å². The largest absolute Gasteiger partial charge is 0.507 e. The fourth-order valence-corrected chi connectivity index (χ4v) is 3.06. The molecular formula is C20H32O2. The molecule has 0 aliphatic carbocycles. The van der Waals surface area contributed by atoms with Gasteiger partial charge in [-0.1, -0.05) is 53.7 Å². The van der Waals surface area contributed by atoms with Gasteiger partial charge in [-0.2, -0.15) is 0 Å². The van der Waals surface area contributed by atoms with E-state index in [0.717, 1.165) is 29.5 Å². The lowest BCUT2D eigenvalue weighted by Crippen LogP contribution is -2.32. The van der Waals surface area contributed by atoms with E-state index in [1.54, 1.807) is 0 Å². The molecule has 1 aromatic carbocycles. The Morgan fingerprint density at radius 2 is 1.50 bits per heavy atom. The number of Topliss-reactive ketones (excluding diaryl/α,β-unsaturated/α-hetero) is 1. The maximum atomic E-state index is 12.8. The number of carbonyl (C=O) groups is 1. The normalized spacial score (nSPS) is 14.0. The predicted octanol–water partition coefficient (Wildman–Crippen LogP) is 5.22. The molecule has 0 radical (unpaired) electrons. The first-order valence-electron chi connectivity index (χ1n) is 8.14. The third-order valence-corrected chi connectivity index (χ3v) is 4.00. The van der Waals surface area contributed by atoms with Gasteiger partial charge in [0.2, 0.25) is 0 Å². The molecule has 0 saturated carbocycles. The van der Waals surface area contributed by atoms with Gasteiger partial charge in [0.25, 0.3) is 0 Å². The van der Waals surface area contributed by atoms with Gasteiger partial charge in [0.05, 0.1) is 0 Å². The monoisotopic (exact) mass is 304 g/mol. The van der Waals surface area contributed by atoms with Crippen molar-refractivity contribution in [3.05, 3.63) is 28.8 Å². The molecule has 1 rings (SSSR count). The molecule has 124 valence electrons. The quantitative estimate of drug-likeness (QED) is 0.828. The Morgan fingerprint density at radius 3 is 1.86 bits per heavy atom. The summed E-state index contributed by atoms with van der Waals surface area (Å²) in [6.07, 6.45) is 1.62. The van der Waals surface area contributed by atoms with Crippen LogP contribution in [-0.4, -0.2) is 10.9 Å². The van der Waals surface area contributed by atoms with Crippen molar-refractivity contribution >= 4 is 5.78 Å². The van der Waals surface area contributed by atoms with Crippen molar-refractivity contribution in [2.45, 2.75) is 68.2 Å². The zero-order valence-electron chi connectivity index (χ0n) is 15.5. The van der Waals surface area contributed by atoms with E-state index >= 15 is 0 Å². The maximum absolute atomic E-state index is 12.8. The van der Waals surface area contributed by atoms with E-state index < -0.39 is 0 Å². The molecule has 0 fully saturated rings. The Morgan fingerprint density at radius 1 is 1.05 bits per heavy atom. The smallest absolute Gasteiger partial charge is 0.141 e. The van der Waals surface area contributed by atoms with Crippen LogP contribution in [0.1, 0.15) is 64.7 Å². The third kappa shape index (κ3) is 5.15.